The highest BCUT2D eigenvalue weighted by molar-refractivity contribution is 5.73. The van der Waals surface area contributed by atoms with Crippen LogP contribution in [0.4, 0.5) is 11.4 Å². The van der Waals surface area contributed by atoms with E-state index in [1.54, 1.807) is 0 Å². The molecule has 2 aromatic carbocycles. The van der Waals surface area contributed by atoms with Crippen molar-refractivity contribution in [3.63, 3.8) is 0 Å². The molecule has 0 unspecified atom stereocenters. The molecule has 0 atom stereocenters. The molecule has 0 bridgehead atoms. The van der Waals surface area contributed by atoms with Gasteiger partial charge in [0.1, 0.15) is 0 Å². The van der Waals surface area contributed by atoms with Gasteiger partial charge < -0.3 is 10.2 Å². The first-order chi connectivity index (χ1) is 10.1. The van der Waals surface area contributed by atoms with E-state index in [4.69, 9.17) is 5.26 Å². The highest BCUT2D eigenvalue weighted by Gasteiger charge is 2.29. The molecule has 0 amide bonds. The van der Waals surface area contributed by atoms with Gasteiger partial charge in [-0.2, -0.15) is 5.26 Å². The van der Waals surface area contributed by atoms with E-state index in [1.165, 1.54) is 16.9 Å². The summed E-state index contributed by atoms with van der Waals surface area (Å²) >= 11 is 0. The largest absolute Gasteiger partial charge is 0.377 e. The fourth-order valence-electron chi connectivity index (χ4n) is 2.92. The number of hydrogen-bond donors (Lipinski definition) is 1. The summed E-state index contributed by atoms with van der Waals surface area (Å²) in [7, 11) is 0. The molecule has 0 spiro atoms. The third kappa shape index (κ3) is 2.85. The first-order valence-corrected chi connectivity index (χ1v) is 7.19. The average molecular weight is 277 g/mol. The van der Waals surface area contributed by atoms with Gasteiger partial charge in [0.05, 0.1) is 23.0 Å². The van der Waals surface area contributed by atoms with E-state index >= 15 is 0 Å². The Balaban J connectivity index is 1.93. The summed E-state index contributed by atoms with van der Waals surface area (Å²) < 4.78 is 0. The topological polar surface area (TPSA) is 39.1 Å². The summed E-state index contributed by atoms with van der Waals surface area (Å²) in [6, 6.07) is 18.4. The van der Waals surface area contributed by atoms with E-state index in [1.807, 2.05) is 18.2 Å². The fraction of sp³-hybridized carbons (Fsp3) is 0.278. The zero-order chi connectivity index (χ0) is 14.9. The lowest BCUT2D eigenvalue weighted by Crippen LogP contribution is -2.48. The normalized spacial score (nSPS) is 15.8. The lowest BCUT2D eigenvalue weighted by molar-refractivity contribution is 0.530. The summed E-state index contributed by atoms with van der Waals surface area (Å²) in [5.74, 6) is 0. The minimum absolute atomic E-state index is 0.0290. The van der Waals surface area contributed by atoms with Crippen molar-refractivity contribution in [3.8, 4) is 6.07 Å². The number of nitrogens with zero attached hydrogens (tertiary/aromatic N) is 2. The van der Waals surface area contributed by atoms with Crippen molar-refractivity contribution in [3.05, 3.63) is 59.7 Å². The molecular weight excluding hydrogens is 258 g/mol. The molecule has 21 heavy (non-hydrogen) atoms. The third-order valence-corrected chi connectivity index (χ3v) is 3.73. The first-order valence-electron chi connectivity index (χ1n) is 7.19. The summed E-state index contributed by atoms with van der Waals surface area (Å²) in [5.41, 5.74) is 4.31. The maximum absolute atomic E-state index is 9.04. The van der Waals surface area contributed by atoms with Crippen LogP contribution in [0.2, 0.25) is 0 Å². The molecule has 1 aliphatic heterocycles. The maximum Gasteiger partial charge on any atom is 0.0991 e. The molecule has 2 aromatic rings. The average Bonchev–Trinajstić information content (AvgIpc) is 2.46. The second-order valence-corrected chi connectivity index (χ2v) is 6.19. The SMILES string of the molecule is CC1(C)CN(Cc2cccc(C#N)c2)c2ccccc2N1. The van der Waals surface area contributed by atoms with Crippen molar-refractivity contribution < 1.29 is 0 Å². The molecule has 1 N–H and O–H groups in total. The number of para-hydroxylation sites is 2. The Morgan fingerprint density at radius 1 is 1.19 bits per heavy atom. The maximum atomic E-state index is 9.04. The van der Waals surface area contributed by atoms with Crippen LogP contribution in [0.3, 0.4) is 0 Å². The Bertz CT molecular complexity index is 698. The van der Waals surface area contributed by atoms with Crippen molar-refractivity contribution in [2.45, 2.75) is 25.9 Å². The first kappa shape index (κ1) is 13.5. The van der Waals surface area contributed by atoms with Gasteiger partial charge in [-0.05, 0) is 43.7 Å². The Labute approximate surface area is 125 Å². The van der Waals surface area contributed by atoms with Crippen LogP contribution in [0, 0.1) is 11.3 Å². The highest BCUT2D eigenvalue weighted by Crippen LogP contribution is 2.35. The van der Waals surface area contributed by atoms with E-state index in [9.17, 15) is 0 Å². The molecule has 1 aliphatic rings. The number of anilines is 2. The van der Waals surface area contributed by atoms with Crippen molar-refractivity contribution in [1.82, 2.24) is 0 Å². The van der Waals surface area contributed by atoms with Gasteiger partial charge in [-0.25, -0.2) is 0 Å². The van der Waals surface area contributed by atoms with Crippen LogP contribution in [0.15, 0.2) is 48.5 Å². The molecule has 0 saturated carbocycles. The molecule has 106 valence electrons. The number of rotatable bonds is 2. The minimum Gasteiger partial charge on any atom is -0.377 e. The van der Waals surface area contributed by atoms with Crippen LogP contribution >= 0.6 is 0 Å². The summed E-state index contributed by atoms with van der Waals surface area (Å²) in [5, 5.41) is 12.6. The number of fused-ring (bicyclic) bond motifs is 1. The third-order valence-electron chi connectivity index (χ3n) is 3.73. The fourth-order valence-corrected chi connectivity index (χ4v) is 2.92. The van der Waals surface area contributed by atoms with Gasteiger partial charge in [0.25, 0.3) is 0 Å². The number of benzene rings is 2. The Morgan fingerprint density at radius 3 is 2.81 bits per heavy atom. The number of nitriles is 1. The minimum atomic E-state index is 0.0290. The smallest absolute Gasteiger partial charge is 0.0991 e. The molecule has 3 rings (SSSR count). The molecule has 1 heterocycles. The molecule has 3 heteroatoms. The summed E-state index contributed by atoms with van der Waals surface area (Å²) in [6.07, 6.45) is 0. The van der Waals surface area contributed by atoms with Gasteiger partial charge >= 0.3 is 0 Å². The van der Waals surface area contributed by atoms with Gasteiger partial charge in [-0.1, -0.05) is 24.3 Å². The van der Waals surface area contributed by atoms with E-state index < -0.39 is 0 Å². The monoisotopic (exact) mass is 277 g/mol. The van der Waals surface area contributed by atoms with Crippen molar-refractivity contribution in [2.75, 3.05) is 16.8 Å². The Kier molecular flexibility index (Phi) is 3.31. The number of nitrogens with one attached hydrogen (secondary N) is 1. The van der Waals surface area contributed by atoms with Gasteiger partial charge in [0.15, 0.2) is 0 Å². The molecule has 3 nitrogen and oxygen atoms in total. The highest BCUT2D eigenvalue weighted by atomic mass is 15.2. The zero-order valence-corrected chi connectivity index (χ0v) is 12.4. The van der Waals surface area contributed by atoms with E-state index in [2.05, 4.69) is 60.5 Å². The van der Waals surface area contributed by atoms with Crippen LogP contribution in [0.5, 0.6) is 0 Å². The Morgan fingerprint density at radius 2 is 2.00 bits per heavy atom. The quantitative estimate of drug-likeness (QED) is 0.908. The van der Waals surface area contributed by atoms with Gasteiger partial charge in [-0.15, -0.1) is 0 Å². The van der Waals surface area contributed by atoms with Crippen LogP contribution < -0.4 is 10.2 Å². The number of hydrogen-bond acceptors (Lipinski definition) is 3. The van der Waals surface area contributed by atoms with Crippen LogP contribution in [-0.4, -0.2) is 12.1 Å². The van der Waals surface area contributed by atoms with Crippen LogP contribution in [-0.2, 0) is 6.54 Å². The molecule has 0 radical (unpaired) electrons. The van der Waals surface area contributed by atoms with Crippen LogP contribution in [0.25, 0.3) is 0 Å². The predicted molar refractivity (Wildman–Crippen MR) is 86.4 cm³/mol. The second-order valence-electron chi connectivity index (χ2n) is 6.19. The second kappa shape index (κ2) is 5.14. The van der Waals surface area contributed by atoms with Crippen molar-refractivity contribution in [1.29, 1.82) is 5.26 Å². The molecule has 0 fully saturated rings. The molecular formula is C18H19N3. The molecule has 0 aromatic heterocycles. The zero-order valence-electron chi connectivity index (χ0n) is 12.4. The predicted octanol–water partition coefficient (Wildman–Crippen LogP) is 3.77. The van der Waals surface area contributed by atoms with Gasteiger partial charge in [0, 0.05) is 18.6 Å². The van der Waals surface area contributed by atoms with Crippen molar-refractivity contribution >= 4 is 11.4 Å². The Hall–Kier alpha value is -2.47. The van der Waals surface area contributed by atoms with E-state index in [0.29, 0.717) is 0 Å². The summed E-state index contributed by atoms with van der Waals surface area (Å²) in [6.45, 7) is 6.17. The van der Waals surface area contributed by atoms with Crippen LogP contribution in [0.1, 0.15) is 25.0 Å². The molecule has 0 saturated heterocycles. The van der Waals surface area contributed by atoms with E-state index in [0.717, 1.165) is 18.7 Å². The van der Waals surface area contributed by atoms with E-state index in [-0.39, 0.29) is 5.54 Å². The molecule has 0 aliphatic carbocycles. The lowest BCUT2D eigenvalue weighted by Gasteiger charge is -2.42. The van der Waals surface area contributed by atoms with Gasteiger partial charge in [0.2, 0.25) is 0 Å². The van der Waals surface area contributed by atoms with Gasteiger partial charge in [-0.3, -0.25) is 0 Å². The van der Waals surface area contributed by atoms with Crippen molar-refractivity contribution in [2.24, 2.45) is 0 Å². The summed E-state index contributed by atoms with van der Waals surface area (Å²) in [4.78, 5) is 2.38. The standard InChI is InChI=1S/C18H19N3/c1-18(2)13-21(17-9-4-3-8-16(17)20-18)12-15-7-5-6-14(10-15)11-19/h3-10,20H,12-13H2,1-2H3. The lowest BCUT2D eigenvalue weighted by atomic mass is 9.98.